The first kappa shape index (κ1) is 17.0. The van der Waals surface area contributed by atoms with Gasteiger partial charge in [-0.25, -0.2) is 5.43 Å². The zero-order valence-corrected chi connectivity index (χ0v) is 14.1. The normalized spacial score (nSPS) is 11.1. The number of rotatable bonds is 3. The topological polar surface area (TPSA) is 94.5 Å². The Morgan fingerprint density at radius 3 is 2.76 bits per heavy atom. The van der Waals surface area contributed by atoms with E-state index in [0.717, 1.165) is 0 Å². The predicted octanol–water partition coefficient (Wildman–Crippen LogP) is 3.30. The van der Waals surface area contributed by atoms with Crippen LogP contribution in [0.3, 0.4) is 0 Å². The van der Waals surface area contributed by atoms with Crippen LogP contribution < -0.4 is 11.0 Å². The molecule has 0 aliphatic heterocycles. The van der Waals surface area contributed by atoms with E-state index in [1.165, 1.54) is 24.4 Å². The zero-order chi connectivity index (χ0) is 18.0. The molecule has 0 aliphatic carbocycles. The molecular weight excluding hydrogens is 365 g/mol. The van der Waals surface area contributed by atoms with Gasteiger partial charge in [-0.2, -0.15) is 5.10 Å². The number of hydrazone groups is 1. The first-order chi connectivity index (χ1) is 12.0. The first-order valence-electron chi connectivity index (χ1n) is 7.09. The van der Waals surface area contributed by atoms with Gasteiger partial charge in [0.1, 0.15) is 5.75 Å². The quantitative estimate of drug-likeness (QED) is 0.484. The molecule has 8 heteroatoms. The molecule has 1 heterocycles. The second kappa shape index (κ2) is 6.96. The summed E-state index contributed by atoms with van der Waals surface area (Å²) in [6, 6.07) is 10.9. The number of hydrogen-bond donors (Lipinski definition) is 3. The van der Waals surface area contributed by atoms with Crippen molar-refractivity contribution in [2.45, 2.75) is 0 Å². The Kier molecular flexibility index (Phi) is 4.74. The van der Waals surface area contributed by atoms with E-state index in [-0.39, 0.29) is 21.9 Å². The SMILES string of the molecule is O=C(NN=Cc1cc(Cl)cc(Cl)c1O)c1cc(=O)[nH]c2ccccc12. The van der Waals surface area contributed by atoms with E-state index in [0.29, 0.717) is 15.9 Å². The van der Waals surface area contributed by atoms with Crippen molar-refractivity contribution in [2.24, 2.45) is 5.10 Å². The average Bonchev–Trinajstić information content (AvgIpc) is 2.58. The number of hydrogen-bond acceptors (Lipinski definition) is 4. The number of halogens is 2. The van der Waals surface area contributed by atoms with Gasteiger partial charge in [-0.1, -0.05) is 41.4 Å². The molecule has 0 saturated carbocycles. The van der Waals surface area contributed by atoms with Crippen molar-refractivity contribution in [3.05, 3.63) is 74.0 Å². The molecule has 126 valence electrons. The van der Waals surface area contributed by atoms with Crippen molar-refractivity contribution in [1.82, 2.24) is 10.4 Å². The number of amides is 1. The summed E-state index contributed by atoms with van der Waals surface area (Å²) in [5, 5.41) is 14.6. The number of phenols is 1. The summed E-state index contributed by atoms with van der Waals surface area (Å²) in [4.78, 5) is 26.7. The van der Waals surface area contributed by atoms with Gasteiger partial charge in [-0.05, 0) is 18.2 Å². The van der Waals surface area contributed by atoms with Crippen LogP contribution in [0.25, 0.3) is 10.9 Å². The number of aromatic amines is 1. The van der Waals surface area contributed by atoms with Gasteiger partial charge in [0, 0.05) is 27.6 Å². The fourth-order valence-corrected chi connectivity index (χ4v) is 2.81. The average molecular weight is 376 g/mol. The molecule has 1 aromatic heterocycles. The lowest BCUT2D eigenvalue weighted by molar-refractivity contribution is 0.0956. The standard InChI is InChI=1S/C17H11Cl2N3O3/c18-10-5-9(16(24)13(19)6-10)8-20-22-17(25)12-7-15(23)21-14-4-2-1-3-11(12)14/h1-8,24H,(H,21,23)(H,22,25). The third-order valence-electron chi connectivity index (χ3n) is 3.42. The number of carbonyl (C=O) groups excluding carboxylic acids is 1. The van der Waals surface area contributed by atoms with Crippen LogP contribution >= 0.6 is 23.2 Å². The molecule has 3 N–H and O–H groups in total. The summed E-state index contributed by atoms with van der Waals surface area (Å²) in [5.41, 5.74) is 2.89. The minimum atomic E-state index is -0.564. The summed E-state index contributed by atoms with van der Waals surface area (Å²) in [6.45, 7) is 0. The molecule has 2 aromatic carbocycles. The number of fused-ring (bicyclic) bond motifs is 1. The van der Waals surface area contributed by atoms with E-state index in [2.05, 4.69) is 15.5 Å². The number of nitrogens with one attached hydrogen (secondary N) is 2. The first-order valence-corrected chi connectivity index (χ1v) is 7.85. The van der Waals surface area contributed by atoms with E-state index >= 15 is 0 Å². The van der Waals surface area contributed by atoms with Crippen LogP contribution in [0.15, 0.2) is 52.4 Å². The summed E-state index contributed by atoms with van der Waals surface area (Å²) in [7, 11) is 0. The van der Waals surface area contributed by atoms with E-state index in [4.69, 9.17) is 23.2 Å². The van der Waals surface area contributed by atoms with Crippen LogP contribution in [-0.4, -0.2) is 22.2 Å². The van der Waals surface area contributed by atoms with Crippen LogP contribution in [0.2, 0.25) is 10.0 Å². The Hall–Kier alpha value is -2.83. The number of aromatic nitrogens is 1. The van der Waals surface area contributed by atoms with E-state index in [1.54, 1.807) is 24.3 Å². The van der Waals surface area contributed by atoms with Crippen LogP contribution in [0.1, 0.15) is 15.9 Å². The smallest absolute Gasteiger partial charge is 0.272 e. The van der Waals surface area contributed by atoms with Gasteiger partial charge in [0.05, 0.1) is 16.8 Å². The minimum absolute atomic E-state index is 0.0702. The molecular formula is C17H11Cl2N3O3. The van der Waals surface area contributed by atoms with Crippen LogP contribution in [0, 0.1) is 0 Å². The highest BCUT2D eigenvalue weighted by atomic mass is 35.5. The molecule has 0 fully saturated rings. The molecule has 0 spiro atoms. The van der Waals surface area contributed by atoms with Crippen molar-refractivity contribution < 1.29 is 9.90 Å². The second-order valence-electron chi connectivity index (χ2n) is 5.12. The van der Waals surface area contributed by atoms with Gasteiger partial charge in [0.25, 0.3) is 5.91 Å². The van der Waals surface area contributed by atoms with Crippen molar-refractivity contribution in [2.75, 3.05) is 0 Å². The fraction of sp³-hybridized carbons (Fsp3) is 0. The number of pyridine rings is 1. The number of H-pyrrole nitrogens is 1. The van der Waals surface area contributed by atoms with Crippen LogP contribution in [-0.2, 0) is 0 Å². The number of aromatic hydroxyl groups is 1. The molecule has 0 unspecified atom stereocenters. The molecule has 6 nitrogen and oxygen atoms in total. The molecule has 1 amide bonds. The van der Waals surface area contributed by atoms with Gasteiger partial charge in [0.2, 0.25) is 5.56 Å². The highest BCUT2D eigenvalue weighted by molar-refractivity contribution is 6.36. The predicted molar refractivity (Wildman–Crippen MR) is 97.8 cm³/mol. The Morgan fingerprint density at radius 2 is 1.96 bits per heavy atom. The lowest BCUT2D eigenvalue weighted by atomic mass is 10.1. The molecule has 3 aromatic rings. The van der Waals surface area contributed by atoms with Crippen LogP contribution in [0.4, 0.5) is 0 Å². The summed E-state index contributed by atoms with van der Waals surface area (Å²) in [6.07, 6.45) is 1.21. The number of phenolic OH excluding ortho intramolecular Hbond substituents is 1. The third-order valence-corrected chi connectivity index (χ3v) is 3.93. The van der Waals surface area contributed by atoms with E-state index in [1.807, 2.05) is 0 Å². The Labute approximate surface area is 151 Å². The molecule has 0 atom stereocenters. The van der Waals surface area contributed by atoms with Crippen molar-refractivity contribution in [3.8, 4) is 5.75 Å². The number of benzene rings is 2. The zero-order valence-electron chi connectivity index (χ0n) is 12.6. The summed E-state index contributed by atoms with van der Waals surface area (Å²) >= 11 is 11.7. The third kappa shape index (κ3) is 3.65. The van der Waals surface area contributed by atoms with Gasteiger partial charge in [-0.3, -0.25) is 9.59 Å². The Morgan fingerprint density at radius 1 is 1.20 bits per heavy atom. The summed E-state index contributed by atoms with van der Waals surface area (Å²) in [5.74, 6) is -0.767. The maximum Gasteiger partial charge on any atom is 0.272 e. The molecule has 0 aliphatic rings. The lowest BCUT2D eigenvalue weighted by Gasteiger charge is -2.05. The molecule has 25 heavy (non-hydrogen) atoms. The maximum absolute atomic E-state index is 12.3. The Bertz CT molecular complexity index is 1060. The van der Waals surface area contributed by atoms with E-state index in [9.17, 15) is 14.7 Å². The van der Waals surface area contributed by atoms with Crippen molar-refractivity contribution >= 4 is 46.2 Å². The molecule has 0 bridgehead atoms. The number of carbonyl (C=O) groups is 1. The van der Waals surface area contributed by atoms with Crippen molar-refractivity contribution in [1.29, 1.82) is 0 Å². The Balaban J connectivity index is 1.88. The largest absolute Gasteiger partial charge is 0.506 e. The highest BCUT2D eigenvalue weighted by Crippen LogP contribution is 2.29. The minimum Gasteiger partial charge on any atom is -0.506 e. The molecule has 0 radical (unpaired) electrons. The second-order valence-corrected chi connectivity index (χ2v) is 5.96. The van der Waals surface area contributed by atoms with Gasteiger partial charge in [-0.15, -0.1) is 0 Å². The summed E-state index contributed by atoms with van der Waals surface area (Å²) < 4.78 is 0. The van der Waals surface area contributed by atoms with Gasteiger partial charge >= 0.3 is 0 Å². The molecule has 0 saturated heterocycles. The maximum atomic E-state index is 12.3. The number of para-hydroxylation sites is 1. The van der Waals surface area contributed by atoms with Crippen LogP contribution in [0.5, 0.6) is 5.75 Å². The van der Waals surface area contributed by atoms with Gasteiger partial charge in [0.15, 0.2) is 0 Å². The highest BCUT2D eigenvalue weighted by Gasteiger charge is 2.11. The lowest BCUT2D eigenvalue weighted by Crippen LogP contribution is -2.20. The van der Waals surface area contributed by atoms with Gasteiger partial charge < -0.3 is 10.1 Å². The molecule has 3 rings (SSSR count). The van der Waals surface area contributed by atoms with E-state index < -0.39 is 11.5 Å². The fourth-order valence-electron chi connectivity index (χ4n) is 2.30. The number of nitrogens with zero attached hydrogens (tertiary/aromatic N) is 1. The van der Waals surface area contributed by atoms with Crippen molar-refractivity contribution in [3.63, 3.8) is 0 Å². The monoisotopic (exact) mass is 375 g/mol.